The standard InChI is InChI=1S/C13H19NO4S/c1-5-18-13(15)11(3)14(19(4,16)17)12-8-6-10(2)7-9-12/h6-9,11H,5H2,1-4H3/t11-/m0/s1. The Morgan fingerprint density at radius 2 is 1.84 bits per heavy atom. The van der Waals surface area contributed by atoms with E-state index in [2.05, 4.69) is 0 Å². The number of benzene rings is 1. The van der Waals surface area contributed by atoms with Gasteiger partial charge < -0.3 is 4.74 Å². The van der Waals surface area contributed by atoms with E-state index in [0.29, 0.717) is 5.69 Å². The van der Waals surface area contributed by atoms with E-state index in [1.165, 1.54) is 6.92 Å². The van der Waals surface area contributed by atoms with Gasteiger partial charge in [0, 0.05) is 0 Å². The molecule has 0 aliphatic heterocycles. The lowest BCUT2D eigenvalue weighted by Crippen LogP contribution is -2.43. The number of ether oxygens (including phenoxy) is 1. The van der Waals surface area contributed by atoms with Crippen LogP contribution >= 0.6 is 0 Å². The van der Waals surface area contributed by atoms with E-state index in [1.54, 1.807) is 31.2 Å². The number of anilines is 1. The first-order valence-corrected chi connectivity index (χ1v) is 7.85. The summed E-state index contributed by atoms with van der Waals surface area (Å²) in [5.74, 6) is -0.562. The van der Waals surface area contributed by atoms with Gasteiger partial charge in [-0.05, 0) is 32.9 Å². The smallest absolute Gasteiger partial charge is 0.329 e. The average Bonchev–Trinajstić information content (AvgIpc) is 2.30. The maximum absolute atomic E-state index is 11.9. The number of hydrogen-bond donors (Lipinski definition) is 0. The lowest BCUT2D eigenvalue weighted by atomic mass is 10.2. The number of carbonyl (C=O) groups excluding carboxylic acids is 1. The Hall–Kier alpha value is -1.56. The first kappa shape index (κ1) is 15.5. The highest BCUT2D eigenvalue weighted by Crippen LogP contribution is 2.21. The normalized spacial score (nSPS) is 12.8. The Bertz CT molecular complexity index is 536. The van der Waals surface area contributed by atoms with Gasteiger partial charge in [0.2, 0.25) is 10.0 Å². The summed E-state index contributed by atoms with van der Waals surface area (Å²) in [6, 6.07) is 6.05. The van der Waals surface area contributed by atoms with E-state index in [-0.39, 0.29) is 6.61 Å². The van der Waals surface area contributed by atoms with Crippen molar-refractivity contribution in [3.05, 3.63) is 29.8 Å². The van der Waals surface area contributed by atoms with Gasteiger partial charge in [0.05, 0.1) is 18.6 Å². The number of sulfonamides is 1. The molecule has 1 aromatic carbocycles. The number of hydrogen-bond acceptors (Lipinski definition) is 4. The van der Waals surface area contributed by atoms with Crippen molar-refractivity contribution in [2.45, 2.75) is 26.8 Å². The molecule has 6 heteroatoms. The molecule has 0 bridgehead atoms. The highest BCUT2D eigenvalue weighted by Gasteiger charge is 2.29. The molecule has 0 unspecified atom stereocenters. The molecule has 106 valence electrons. The topological polar surface area (TPSA) is 63.7 Å². The minimum atomic E-state index is -3.56. The van der Waals surface area contributed by atoms with Crippen LogP contribution in [0, 0.1) is 6.92 Å². The third-order valence-corrected chi connectivity index (χ3v) is 3.87. The van der Waals surface area contributed by atoms with Crippen molar-refractivity contribution in [3.63, 3.8) is 0 Å². The second-order valence-electron chi connectivity index (χ2n) is 4.32. The van der Waals surface area contributed by atoms with Gasteiger partial charge in [-0.3, -0.25) is 4.31 Å². The fourth-order valence-corrected chi connectivity index (χ4v) is 2.92. The fourth-order valence-electron chi connectivity index (χ4n) is 1.75. The van der Waals surface area contributed by atoms with Gasteiger partial charge in [-0.2, -0.15) is 0 Å². The molecule has 0 aliphatic rings. The molecule has 0 heterocycles. The summed E-state index contributed by atoms with van der Waals surface area (Å²) < 4.78 is 29.7. The molecule has 0 amide bonds. The maximum atomic E-state index is 11.9. The fraction of sp³-hybridized carbons (Fsp3) is 0.462. The van der Waals surface area contributed by atoms with E-state index in [1.807, 2.05) is 6.92 Å². The zero-order valence-corrected chi connectivity index (χ0v) is 12.4. The summed E-state index contributed by atoms with van der Waals surface area (Å²) in [6.07, 6.45) is 1.07. The predicted octanol–water partition coefficient (Wildman–Crippen LogP) is 1.71. The second-order valence-corrected chi connectivity index (χ2v) is 6.18. The van der Waals surface area contributed by atoms with Crippen LogP contribution in [0.1, 0.15) is 19.4 Å². The Labute approximate surface area is 114 Å². The molecule has 0 saturated heterocycles. The monoisotopic (exact) mass is 285 g/mol. The van der Waals surface area contributed by atoms with Gasteiger partial charge in [0.25, 0.3) is 0 Å². The van der Waals surface area contributed by atoms with E-state index in [9.17, 15) is 13.2 Å². The van der Waals surface area contributed by atoms with Crippen LogP contribution in [0.15, 0.2) is 24.3 Å². The minimum absolute atomic E-state index is 0.217. The molecule has 1 atom stereocenters. The van der Waals surface area contributed by atoms with Crippen molar-refractivity contribution >= 4 is 21.7 Å². The van der Waals surface area contributed by atoms with Crippen molar-refractivity contribution in [1.29, 1.82) is 0 Å². The van der Waals surface area contributed by atoms with Crippen LogP contribution in [0.5, 0.6) is 0 Å². The van der Waals surface area contributed by atoms with E-state index < -0.39 is 22.0 Å². The summed E-state index contributed by atoms with van der Waals surface area (Å²) in [6.45, 7) is 5.32. The molecule has 0 fully saturated rings. The molecule has 1 rings (SSSR count). The van der Waals surface area contributed by atoms with Crippen molar-refractivity contribution in [2.24, 2.45) is 0 Å². The lowest BCUT2D eigenvalue weighted by molar-refractivity contribution is -0.144. The Morgan fingerprint density at radius 1 is 1.32 bits per heavy atom. The number of carbonyl (C=O) groups is 1. The zero-order valence-electron chi connectivity index (χ0n) is 11.6. The van der Waals surface area contributed by atoms with Gasteiger partial charge in [-0.25, -0.2) is 13.2 Å². The van der Waals surface area contributed by atoms with Crippen LogP contribution in [0.25, 0.3) is 0 Å². The summed E-state index contributed by atoms with van der Waals surface area (Å²) in [5, 5.41) is 0. The van der Waals surface area contributed by atoms with Gasteiger partial charge >= 0.3 is 5.97 Å². The lowest BCUT2D eigenvalue weighted by Gasteiger charge is -2.27. The zero-order chi connectivity index (χ0) is 14.6. The molecule has 0 radical (unpaired) electrons. The quantitative estimate of drug-likeness (QED) is 0.773. The predicted molar refractivity (Wildman–Crippen MR) is 74.6 cm³/mol. The van der Waals surface area contributed by atoms with Gasteiger partial charge in [-0.15, -0.1) is 0 Å². The first-order valence-electron chi connectivity index (χ1n) is 6.00. The summed E-state index contributed by atoms with van der Waals surface area (Å²) in [5.41, 5.74) is 1.47. The summed E-state index contributed by atoms with van der Waals surface area (Å²) in [4.78, 5) is 11.7. The third kappa shape index (κ3) is 3.96. The Balaban J connectivity index is 3.16. The molecule has 0 N–H and O–H groups in total. The average molecular weight is 285 g/mol. The van der Waals surface area contributed by atoms with E-state index >= 15 is 0 Å². The van der Waals surface area contributed by atoms with Crippen molar-refractivity contribution in [3.8, 4) is 0 Å². The highest BCUT2D eigenvalue weighted by molar-refractivity contribution is 7.92. The Morgan fingerprint density at radius 3 is 2.26 bits per heavy atom. The SMILES string of the molecule is CCOC(=O)[C@H](C)N(c1ccc(C)cc1)S(C)(=O)=O. The molecule has 0 aliphatic carbocycles. The van der Waals surface area contributed by atoms with Crippen LogP contribution in [-0.2, 0) is 19.6 Å². The molecule has 5 nitrogen and oxygen atoms in total. The number of rotatable bonds is 5. The highest BCUT2D eigenvalue weighted by atomic mass is 32.2. The van der Waals surface area contributed by atoms with Crippen molar-refractivity contribution in [2.75, 3.05) is 17.2 Å². The van der Waals surface area contributed by atoms with E-state index in [4.69, 9.17) is 4.74 Å². The number of esters is 1. The van der Waals surface area contributed by atoms with Gasteiger partial charge in [0.15, 0.2) is 0 Å². The van der Waals surface area contributed by atoms with Crippen LogP contribution in [0.4, 0.5) is 5.69 Å². The van der Waals surface area contributed by atoms with Crippen LogP contribution in [0.3, 0.4) is 0 Å². The van der Waals surface area contributed by atoms with Crippen LogP contribution < -0.4 is 4.31 Å². The molecule has 0 aromatic heterocycles. The largest absolute Gasteiger partial charge is 0.464 e. The summed E-state index contributed by atoms with van der Waals surface area (Å²) >= 11 is 0. The molecule has 19 heavy (non-hydrogen) atoms. The molecular weight excluding hydrogens is 266 g/mol. The third-order valence-electron chi connectivity index (χ3n) is 2.63. The van der Waals surface area contributed by atoms with E-state index in [0.717, 1.165) is 16.1 Å². The Kier molecular flexibility index (Phi) is 4.94. The molecule has 0 spiro atoms. The molecule has 0 saturated carbocycles. The second kappa shape index (κ2) is 6.06. The van der Waals surface area contributed by atoms with Gasteiger partial charge in [0.1, 0.15) is 6.04 Å². The van der Waals surface area contributed by atoms with Crippen LogP contribution in [-0.4, -0.2) is 33.3 Å². The molecule has 1 aromatic rings. The van der Waals surface area contributed by atoms with Gasteiger partial charge in [-0.1, -0.05) is 17.7 Å². The summed E-state index contributed by atoms with van der Waals surface area (Å²) in [7, 11) is -3.56. The maximum Gasteiger partial charge on any atom is 0.329 e. The van der Waals surface area contributed by atoms with Crippen molar-refractivity contribution in [1.82, 2.24) is 0 Å². The van der Waals surface area contributed by atoms with Crippen molar-refractivity contribution < 1.29 is 17.9 Å². The first-order chi connectivity index (χ1) is 8.77. The number of nitrogens with zero attached hydrogens (tertiary/aromatic N) is 1. The number of aryl methyl sites for hydroxylation is 1. The minimum Gasteiger partial charge on any atom is -0.464 e. The van der Waals surface area contributed by atoms with Crippen LogP contribution in [0.2, 0.25) is 0 Å². The molecular formula is C13H19NO4S.